The molecule has 0 bridgehead atoms. The Hall–Kier alpha value is -1.43. The lowest BCUT2D eigenvalue weighted by Gasteiger charge is -2.48. The summed E-state index contributed by atoms with van der Waals surface area (Å²) in [5.41, 5.74) is -0.197. The summed E-state index contributed by atoms with van der Waals surface area (Å²) in [6.07, 6.45) is -2.92. The topological polar surface area (TPSA) is 76.0 Å². The quantitative estimate of drug-likeness (QED) is 0.535. The van der Waals surface area contributed by atoms with Gasteiger partial charge in [-0.2, -0.15) is 0 Å². The van der Waals surface area contributed by atoms with Gasteiger partial charge in [-0.05, 0) is 19.9 Å². The smallest absolute Gasteiger partial charge is 0.320 e. The van der Waals surface area contributed by atoms with Crippen LogP contribution in [0.1, 0.15) is 25.5 Å². The van der Waals surface area contributed by atoms with Crippen LogP contribution in [-0.2, 0) is 9.53 Å². The molecule has 2 aliphatic rings. The number of esters is 1. The molecular weight excluding hydrogens is 248 g/mol. The number of carbonyl (C=O) groups is 1. The molecule has 2 N–H and O–H groups in total. The first-order chi connectivity index (χ1) is 8.92. The fourth-order valence-corrected chi connectivity index (χ4v) is 2.76. The maximum absolute atomic E-state index is 12.0. The Labute approximate surface area is 110 Å². The zero-order chi connectivity index (χ0) is 13.8. The van der Waals surface area contributed by atoms with Gasteiger partial charge >= 0.3 is 5.97 Å². The van der Waals surface area contributed by atoms with Crippen LogP contribution in [0.4, 0.5) is 0 Å². The Bertz CT molecular complexity index is 524. The number of carbonyl (C=O) groups excluding carboxylic acids is 1. The molecule has 1 aromatic rings. The van der Waals surface area contributed by atoms with Crippen molar-refractivity contribution in [3.05, 3.63) is 29.8 Å². The first kappa shape index (κ1) is 12.6. The van der Waals surface area contributed by atoms with Gasteiger partial charge in [-0.1, -0.05) is 18.2 Å². The fraction of sp³-hybridized carbons (Fsp3) is 0.500. The van der Waals surface area contributed by atoms with Crippen molar-refractivity contribution in [1.82, 2.24) is 0 Å². The summed E-state index contributed by atoms with van der Waals surface area (Å²) >= 11 is 0. The summed E-state index contributed by atoms with van der Waals surface area (Å²) in [7, 11) is 0. The maximum atomic E-state index is 12.0. The van der Waals surface area contributed by atoms with E-state index in [1.165, 1.54) is 0 Å². The Kier molecular flexibility index (Phi) is 2.67. The molecule has 5 heteroatoms. The third-order valence-corrected chi connectivity index (χ3v) is 3.87. The van der Waals surface area contributed by atoms with Gasteiger partial charge in [0.05, 0.1) is 11.7 Å². The van der Waals surface area contributed by atoms with Crippen LogP contribution in [-0.4, -0.2) is 34.0 Å². The third kappa shape index (κ3) is 1.77. The molecule has 2 aliphatic heterocycles. The SMILES string of the molecule is CC1(C)OC2c3ccccc3OC(=O)C2[C@@H](O)[C@H]1O. The van der Waals surface area contributed by atoms with Crippen LogP contribution >= 0.6 is 0 Å². The highest BCUT2D eigenvalue weighted by molar-refractivity contribution is 5.79. The highest BCUT2D eigenvalue weighted by Crippen LogP contribution is 2.47. The predicted molar refractivity (Wildman–Crippen MR) is 65.5 cm³/mol. The molecule has 0 saturated carbocycles. The molecule has 0 aliphatic carbocycles. The largest absolute Gasteiger partial charge is 0.426 e. The molecule has 1 aromatic carbocycles. The van der Waals surface area contributed by atoms with Gasteiger partial charge in [0.25, 0.3) is 0 Å². The van der Waals surface area contributed by atoms with Gasteiger partial charge in [0, 0.05) is 5.56 Å². The molecule has 5 nitrogen and oxygen atoms in total. The van der Waals surface area contributed by atoms with Crippen molar-refractivity contribution < 1.29 is 24.5 Å². The second-order valence-electron chi connectivity index (χ2n) is 5.56. The van der Waals surface area contributed by atoms with E-state index in [1.54, 1.807) is 32.0 Å². The lowest BCUT2D eigenvalue weighted by atomic mass is 9.78. The highest BCUT2D eigenvalue weighted by Gasteiger charge is 2.55. The Balaban J connectivity index is 2.09. The van der Waals surface area contributed by atoms with E-state index >= 15 is 0 Å². The molecule has 3 rings (SSSR count). The van der Waals surface area contributed by atoms with Crippen LogP contribution in [0.2, 0.25) is 0 Å². The summed E-state index contributed by atoms with van der Waals surface area (Å²) in [6, 6.07) is 7.09. The molecule has 1 fully saturated rings. The minimum atomic E-state index is -1.20. The Morgan fingerprint density at radius 2 is 1.89 bits per heavy atom. The molecule has 0 aromatic heterocycles. The number of aliphatic hydroxyl groups is 2. The van der Waals surface area contributed by atoms with E-state index in [1.807, 2.05) is 6.07 Å². The van der Waals surface area contributed by atoms with Gasteiger partial charge in [-0.15, -0.1) is 0 Å². The Morgan fingerprint density at radius 3 is 2.63 bits per heavy atom. The summed E-state index contributed by atoms with van der Waals surface area (Å²) in [5.74, 6) is -1.00. The van der Waals surface area contributed by atoms with E-state index in [9.17, 15) is 15.0 Å². The van der Waals surface area contributed by atoms with Crippen LogP contribution in [0.5, 0.6) is 5.75 Å². The number of aliphatic hydroxyl groups excluding tert-OH is 2. The van der Waals surface area contributed by atoms with Crippen LogP contribution in [0.15, 0.2) is 24.3 Å². The average molecular weight is 264 g/mol. The molecule has 4 atom stereocenters. The number of rotatable bonds is 0. The molecule has 102 valence electrons. The van der Waals surface area contributed by atoms with Crippen molar-refractivity contribution in [1.29, 1.82) is 0 Å². The predicted octanol–water partition coefficient (Wildman–Crippen LogP) is 0.793. The standard InChI is InChI=1S/C14H16O5/c1-14(2)12(16)10(15)9-11(19-14)7-5-3-4-6-8(7)18-13(9)17/h3-6,9-12,15-16H,1-2H3/t9?,10-,11?,12-/m1/s1. The van der Waals surface area contributed by atoms with E-state index in [-0.39, 0.29) is 0 Å². The number of hydrogen-bond donors (Lipinski definition) is 2. The van der Waals surface area contributed by atoms with Gasteiger partial charge in [0.2, 0.25) is 0 Å². The monoisotopic (exact) mass is 264 g/mol. The average Bonchev–Trinajstić information content (AvgIpc) is 2.35. The van der Waals surface area contributed by atoms with Gasteiger partial charge < -0.3 is 19.7 Å². The van der Waals surface area contributed by atoms with Crippen molar-refractivity contribution in [2.45, 2.75) is 37.8 Å². The van der Waals surface area contributed by atoms with E-state index in [0.717, 1.165) is 5.56 Å². The van der Waals surface area contributed by atoms with Crippen molar-refractivity contribution in [2.24, 2.45) is 5.92 Å². The minimum absolute atomic E-state index is 0.452. The lowest BCUT2D eigenvalue weighted by Crippen LogP contribution is -2.60. The highest BCUT2D eigenvalue weighted by atomic mass is 16.6. The number of benzene rings is 1. The number of fused-ring (bicyclic) bond motifs is 3. The van der Waals surface area contributed by atoms with Gasteiger partial charge in [-0.25, -0.2) is 0 Å². The zero-order valence-corrected chi connectivity index (χ0v) is 10.7. The fourth-order valence-electron chi connectivity index (χ4n) is 2.76. The molecule has 1 saturated heterocycles. The number of hydrogen-bond acceptors (Lipinski definition) is 5. The van der Waals surface area contributed by atoms with Gasteiger partial charge in [-0.3, -0.25) is 4.79 Å². The first-order valence-corrected chi connectivity index (χ1v) is 6.26. The molecule has 2 heterocycles. The zero-order valence-electron chi connectivity index (χ0n) is 10.7. The van der Waals surface area contributed by atoms with E-state index < -0.39 is 35.8 Å². The molecule has 0 spiro atoms. The van der Waals surface area contributed by atoms with Gasteiger partial charge in [0.1, 0.15) is 23.9 Å². The van der Waals surface area contributed by atoms with Crippen molar-refractivity contribution in [3.8, 4) is 5.75 Å². The lowest BCUT2D eigenvalue weighted by molar-refractivity contribution is -0.246. The summed E-state index contributed by atoms with van der Waals surface area (Å²) < 4.78 is 11.0. The molecule has 0 amide bonds. The molecular formula is C14H16O5. The molecule has 19 heavy (non-hydrogen) atoms. The van der Waals surface area contributed by atoms with Crippen LogP contribution in [0, 0.1) is 5.92 Å². The normalized spacial score (nSPS) is 36.1. The van der Waals surface area contributed by atoms with Crippen molar-refractivity contribution in [2.75, 3.05) is 0 Å². The van der Waals surface area contributed by atoms with E-state index in [4.69, 9.17) is 9.47 Å². The summed E-state index contributed by atoms with van der Waals surface area (Å²) in [4.78, 5) is 12.0. The summed E-state index contributed by atoms with van der Waals surface area (Å²) in [5, 5.41) is 20.2. The second kappa shape index (κ2) is 4.03. The third-order valence-electron chi connectivity index (χ3n) is 3.87. The van der Waals surface area contributed by atoms with Crippen LogP contribution < -0.4 is 4.74 Å². The second-order valence-corrected chi connectivity index (χ2v) is 5.56. The number of para-hydroxylation sites is 1. The molecule has 2 unspecified atom stereocenters. The van der Waals surface area contributed by atoms with E-state index in [2.05, 4.69) is 0 Å². The van der Waals surface area contributed by atoms with E-state index in [0.29, 0.717) is 5.75 Å². The molecule has 0 radical (unpaired) electrons. The maximum Gasteiger partial charge on any atom is 0.320 e. The van der Waals surface area contributed by atoms with Crippen molar-refractivity contribution in [3.63, 3.8) is 0 Å². The number of ether oxygens (including phenoxy) is 2. The first-order valence-electron chi connectivity index (χ1n) is 6.26. The van der Waals surface area contributed by atoms with Gasteiger partial charge in [0.15, 0.2) is 0 Å². The van der Waals surface area contributed by atoms with Crippen LogP contribution in [0.3, 0.4) is 0 Å². The minimum Gasteiger partial charge on any atom is -0.426 e. The van der Waals surface area contributed by atoms with Crippen LogP contribution in [0.25, 0.3) is 0 Å². The van der Waals surface area contributed by atoms with Crippen molar-refractivity contribution >= 4 is 5.97 Å². The summed E-state index contributed by atoms with van der Waals surface area (Å²) in [6.45, 7) is 3.39. The Morgan fingerprint density at radius 1 is 1.21 bits per heavy atom.